The molecule has 0 aliphatic carbocycles. The highest BCUT2D eigenvalue weighted by Gasteiger charge is 2.64. The van der Waals surface area contributed by atoms with Crippen LogP contribution in [0, 0.1) is 0 Å². The van der Waals surface area contributed by atoms with Crippen LogP contribution >= 0.6 is 11.6 Å². The maximum absolute atomic E-state index is 15.5. The fraction of sp³-hybridized carbons (Fsp3) is 0.400. The Labute approximate surface area is 303 Å². The molecule has 0 saturated carbocycles. The standard InChI is InChI=1S/C35H37ClF3N3O9S/c1-40(2)32(45)28-18-23(44)20-41(28)34(26-16-21(8-6-5-7-15-43)9-13-29(26)50-4)25-17-22(36)10-12-27(25)42(33(34)46)52(47,48)31-14-11-24(49-3)19-30(31)51-35(37,38)39/h9-17,19,23,28,44H,5-8,18,20H2,1-4H3/t23-,28+,34?/m1/s1. The van der Waals surface area contributed by atoms with Crippen molar-refractivity contribution >= 4 is 45.4 Å². The van der Waals surface area contributed by atoms with Crippen molar-refractivity contribution < 1.29 is 55.3 Å². The van der Waals surface area contributed by atoms with Gasteiger partial charge in [-0.25, -0.2) is 12.7 Å². The van der Waals surface area contributed by atoms with Gasteiger partial charge in [0.05, 0.1) is 32.1 Å². The quantitative estimate of drug-likeness (QED) is 0.193. The molecule has 1 saturated heterocycles. The van der Waals surface area contributed by atoms with E-state index >= 15 is 4.79 Å². The summed E-state index contributed by atoms with van der Waals surface area (Å²) in [5, 5.41) is 11.1. The van der Waals surface area contributed by atoms with Crippen molar-refractivity contribution in [2.75, 3.05) is 39.2 Å². The van der Waals surface area contributed by atoms with E-state index in [2.05, 4.69) is 4.74 Å². The number of aldehydes is 1. The number of unbranched alkanes of at least 4 members (excludes halogenated alkanes) is 2. The number of carbonyl (C=O) groups excluding carboxylic acids is 3. The van der Waals surface area contributed by atoms with Crippen LogP contribution in [-0.4, -0.2) is 94.8 Å². The van der Waals surface area contributed by atoms with Crippen LogP contribution in [0.2, 0.25) is 5.02 Å². The van der Waals surface area contributed by atoms with Crippen molar-refractivity contribution in [3.05, 3.63) is 76.3 Å². The summed E-state index contributed by atoms with van der Waals surface area (Å²) < 4.78 is 85.7. The smallest absolute Gasteiger partial charge is 0.497 e. The average Bonchev–Trinajstić information content (AvgIpc) is 3.59. The maximum Gasteiger partial charge on any atom is 0.573 e. The van der Waals surface area contributed by atoms with Gasteiger partial charge in [0, 0.05) is 49.3 Å². The van der Waals surface area contributed by atoms with E-state index in [-0.39, 0.29) is 46.3 Å². The van der Waals surface area contributed by atoms with Crippen molar-refractivity contribution in [3.63, 3.8) is 0 Å². The van der Waals surface area contributed by atoms with Crippen molar-refractivity contribution in [1.82, 2.24) is 9.80 Å². The lowest BCUT2D eigenvalue weighted by Crippen LogP contribution is -2.59. The zero-order chi connectivity index (χ0) is 38.2. The molecule has 0 radical (unpaired) electrons. The maximum atomic E-state index is 15.5. The van der Waals surface area contributed by atoms with Crippen LogP contribution in [0.25, 0.3) is 0 Å². The van der Waals surface area contributed by atoms with Crippen LogP contribution in [0.5, 0.6) is 17.2 Å². The number of benzene rings is 3. The van der Waals surface area contributed by atoms with Crippen LogP contribution in [0.15, 0.2) is 59.5 Å². The Bertz CT molecular complexity index is 1980. The van der Waals surface area contributed by atoms with Gasteiger partial charge in [0.25, 0.3) is 15.9 Å². The molecule has 0 spiro atoms. The largest absolute Gasteiger partial charge is 0.573 e. The number of carbonyl (C=O) groups is 3. The minimum atomic E-state index is -5.33. The van der Waals surface area contributed by atoms with Gasteiger partial charge < -0.3 is 29.0 Å². The van der Waals surface area contributed by atoms with E-state index in [1.165, 1.54) is 56.3 Å². The van der Waals surface area contributed by atoms with E-state index < -0.39 is 56.5 Å². The predicted molar refractivity (Wildman–Crippen MR) is 183 cm³/mol. The lowest BCUT2D eigenvalue weighted by atomic mass is 9.80. The van der Waals surface area contributed by atoms with Gasteiger partial charge >= 0.3 is 6.36 Å². The number of fused-ring (bicyclic) bond motifs is 1. The number of aryl methyl sites for hydroxylation is 1. The molecule has 3 aromatic carbocycles. The number of β-amino-alcohol motifs (C(OH)–C–C–N with tert-alkyl or cyclic N) is 1. The molecule has 3 aromatic rings. The topological polar surface area (TPSA) is 143 Å². The fourth-order valence-electron chi connectivity index (χ4n) is 6.88. The van der Waals surface area contributed by atoms with Gasteiger partial charge in [0.15, 0.2) is 11.3 Å². The van der Waals surface area contributed by atoms with Crippen molar-refractivity contribution in [2.24, 2.45) is 0 Å². The number of nitrogens with zero attached hydrogens (tertiary/aromatic N) is 3. The third-order valence-corrected chi connectivity index (χ3v) is 11.1. The van der Waals surface area contributed by atoms with Gasteiger partial charge in [-0.1, -0.05) is 17.7 Å². The number of likely N-dealkylation sites (tertiary alicyclic amines) is 1. The van der Waals surface area contributed by atoms with Crippen molar-refractivity contribution in [1.29, 1.82) is 0 Å². The number of ether oxygens (including phenoxy) is 3. The van der Waals surface area contributed by atoms with E-state index in [1.807, 2.05) is 0 Å². The molecule has 12 nitrogen and oxygen atoms in total. The van der Waals surface area contributed by atoms with Crippen molar-refractivity contribution in [3.8, 4) is 17.2 Å². The van der Waals surface area contributed by atoms with Crippen LogP contribution in [-0.2, 0) is 36.4 Å². The van der Waals surface area contributed by atoms with Gasteiger partial charge in [-0.15, -0.1) is 13.2 Å². The zero-order valence-corrected chi connectivity index (χ0v) is 30.2. The Hall–Kier alpha value is -4.38. The first-order chi connectivity index (χ1) is 24.5. The molecule has 280 valence electrons. The molecule has 1 N–H and O–H groups in total. The molecule has 0 bridgehead atoms. The highest BCUT2D eigenvalue weighted by Crippen LogP contribution is 2.55. The SMILES string of the molecule is COc1ccc(S(=O)(=O)N2C(=O)C(c3cc(CCCCC=O)ccc3OC)(N3C[C@H](O)C[C@H]3C(=O)N(C)C)c3cc(Cl)ccc32)c(OC(F)(F)F)c1. The van der Waals surface area contributed by atoms with Crippen LogP contribution in [0.4, 0.5) is 18.9 Å². The van der Waals surface area contributed by atoms with Gasteiger partial charge in [0.2, 0.25) is 5.91 Å². The summed E-state index contributed by atoms with van der Waals surface area (Å²) in [5.41, 5.74) is -1.77. The number of methoxy groups -OCH3 is 2. The summed E-state index contributed by atoms with van der Waals surface area (Å²) in [6, 6.07) is 10.3. The number of anilines is 1. The molecule has 2 aliphatic heterocycles. The Kier molecular flexibility index (Phi) is 11.2. The Morgan fingerprint density at radius 1 is 1.04 bits per heavy atom. The van der Waals surface area contributed by atoms with Gasteiger partial charge in [-0.2, -0.15) is 0 Å². The summed E-state index contributed by atoms with van der Waals surface area (Å²) in [6.45, 7) is -0.298. The number of amides is 2. The van der Waals surface area contributed by atoms with Gasteiger partial charge in [0.1, 0.15) is 22.7 Å². The van der Waals surface area contributed by atoms with Crippen molar-refractivity contribution in [2.45, 2.75) is 61.0 Å². The molecular weight excluding hydrogens is 731 g/mol. The molecule has 1 fully saturated rings. The van der Waals surface area contributed by atoms with Gasteiger partial charge in [-0.3, -0.25) is 14.5 Å². The summed E-state index contributed by atoms with van der Waals surface area (Å²) in [7, 11) is 0.211. The normalized spacial score (nSPS) is 20.5. The predicted octanol–water partition coefficient (Wildman–Crippen LogP) is 4.67. The van der Waals surface area contributed by atoms with E-state index in [1.54, 1.807) is 18.2 Å². The second kappa shape index (κ2) is 14.9. The minimum Gasteiger partial charge on any atom is -0.497 e. The number of hydrogen-bond acceptors (Lipinski definition) is 10. The average molecular weight is 768 g/mol. The Balaban J connectivity index is 1.85. The van der Waals surface area contributed by atoms with E-state index in [0.29, 0.717) is 35.6 Å². The first-order valence-electron chi connectivity index (χ1n) is 16.1. The minimum absolute atomic E-state index is 0.0255. The monoisotopic (exact) mass is 767 g/mol. The number of aliphatic hydroxyl groups is 1. The molecule has 1 unspecified atom stereocenters. The molecular formula is C35H37ClF3N3O9S. The summed E-state index contributed by atoms with van der Waals surface area (Å²) >= 11 is 6.54. The lowest BCUT2D eigenvalue weighted by molar-refractivity contribution is -0.275. The van der Waals surface area contributed by atoms with E-state index in [4.69, 9.17) is 21.1 Å². The third kappa shape index (κ3) is 7.04. The summed E-state index contributed by atoms with van der Waals surface area (Å²) in [5.74, 6) is -2.90. The molecule has 2 amide bonds. The number of rotatable bonds is 13. The first kappa shape index (κ1) is 38.8. The van der Waals surface area contributed by atoms with Crippen LogP contribution in [0.1, 0.15) is 42.4 Å². The molecule has 2 aliphatic rings. The molecule has 3 atom stereocenters. The highest BCUT2D eigenvalue weighted by molar-refractivity contribution is 7.93. The first-order valence-corrected chi connectivity index (χ1v) is 17.9. The molecule has 0 aromatic heterocycles. The number of likely N-dealkylation sites (N-methyl/N-ethyl adjacent to an activating group) is 1. The number of sulfonamides is 1. The van der Waals surface area contributed by atoms with Crippen LogP contribution in [0.3, 0.4) is 0 Å². The lowest BCUT2D eigenvalue weighted by Gasteiger charge is -2.42. The fourth-order valence-corrected chi connectivity index (χ4v) is 8.61. The number of hydrogen-bond donors (Lipinski definition) is 1. The highest BCUT2D eigenvalue weighted by atomic mass is 35.5. The number of halogens is 4. The molecule has 5 rings (SSSR count). The second-order valence-electron chi connectivity index (χ2n) is 12.5. The Morgan fingerprint density at radius 3 is 2.40 bits per heavy atom. The molecule has 2 heterocycles. The van der Waals surface area contributed by atoms with E-state index in [0.717, 1.165) is 24.5 Å². The molecule has 17 heteroatoms. The van der Waals surface area contributed by atoms with Gasteiger partial charge in [-0.05, 0) is 73.7 Å². The van der Waals surface area contributed by atoms with E-state index in [9.17, 15) is 36.3 Å². The summed E-state index contributed by atoms with van der Waals surface area (Å²) in [6.07, 6.45) is -3.90. The zero-order valence-electron chi connectivity index (χ0n) is 28.6. The van der Waals surface area contributed by atoms with Crippen LogP contribution < -0.4 is 18.5 Å². The summed E-state index contributed by atoms with van der Waals surface area (Å²) in [4.78, 5) is 41.9. The third-order valence-electron chi connectivity index (χ3n) is 9.08. The molecule has 52 heavy (non-hydrogen) atoms. The number of aliphatic hydroxyl groups excluding tert-OH is 1. The number of alkyl halides is 3. The second-order valence-corrected chi connectivity index (χ2v) is 14.7. The Morgan fingerprint density at radius 2 is 1.77 bits per heavy atom.